The van der Waals surface area contributed by atoms with Crippen molar-refractivity contribution in [3.8, 4) is 0 Å². The molecule has 1 heterocycles. The Labute approximate surface area is 112 Å². The molecule has 3 nitrogen and oxygen atoms in total. The van der Waals surface area contributed by atoms with E-state index in [9.17, 15) is 0 Å². The molecule has 0 bridgehead atoms. The van der Waals surface area contributed by atoms with E-state index in [-0.39, 0.29) is 0 Å². The summed E-state index contributed by atoms with van der Waals surface area (Å²) in [6, 6.07) is 14.5. The lowest BCUT2D eigenvalue weighted by Crippen LogP contribution is -2.01. The fraction of sp³-hybridized carbons (Fsp3) is 0.188. The van der Waals surface area contributed by atoms with E-state index in [4.69, 9.17) is 5.73 Å². The van der Waals surface area contributed by atoms with Gasteiger partial charge in [-0.15, -0.1) is 0 Å². The van der Waals surface area contributed by atoms with Gasteiger partial charge in [-0.25, -0.2) is 4.98 Å². The van der Waals surface area contributed by atoms with Crippen LogP contribution in [0.5, 0.6) is 0 Å². The number of nitrogen functional groups attached to an aromatic ring is 1. The molecular weight excluding hydrogens is 234 g/mol. The van der Waals surface area contributed by atoms with Crippen LogP contribution in [0.15, 0.2) is 42.5 Å². The highest BCUT2D eigenvalue weighted by Gasteiger charge is 2.09. The predicted molar refractivity (Wildman–Crippen MR) is 79.2 cm³/mol. The van der Waals surface area contributed by atoms with Crippen LogP contribution in [0.1, 0.15) is 17.0 Å². The maximum Gasteiger partial charge on any atom is 0.112 e. The maximum absolute atomic E-state index is 5.98. The summed E-state index contributed by atoms with van der Waals surface area (Å²) in [5.74, 6) is 0.994. The quantitative estimate of drug-likeness (QED) is 0.710. The number of hydrogen-bond donors (Lipinski definition) is 1. The molecule has 19 heavy (non-hydrogen) atoms. The summed E-state index contributed by atoms with van der Waals surface area (Å²) in [7, 11) is 0. The second kappa shape index (κ2) is 4.43. The second-order valence-electron chi connectivity index (χ2n) is 4.95. The number of anilines is 1. The van der Waals surface area contributed by atoms with Crippen LogP contribution in [0.4, 0.5) is 5.69 Å². The molecule has 0 aliphatic carbocycles. The Morgan fingerprint density at radius 1 is 1.05 bits per heavy atom. The SMILES string of the molecule is Cc1ccc(Cn2c(C)nc3c(N)cccc32)cc1. The van der Waals surface area contributed by atoms with E-state index in [1.165, 1.54) is 11.1 Å². The molecule has 3 aromatic rings. The molecule has 0 radical (unpaired) electrons. The van der Waals surface area contributed by atoms with Crippen molar-refractivity contribution in [3.63, 3.8) is 0 Å². The zero-order valence-corrected chi connectivity index (χ0v) is 11.2. The summed E-state index contributed by atoms with van der Waals surface area (Å²) in [4.78, 5) is 4.56. The molecule has 96 valence electrons. The van der Waals surface area contributed by atoms with Crippen molar-refractivity contribution in [2.24, 2.45) is 0 Å². The minimum Gasteiger partial charge on any atom is -0.397 e. The molecule has 0 saturated carbocycles. The average Bonchev–Trinajstić information content (AvgIpc) is 2.71. The van der Waals surface area contributed by atoms with Gasteiger partial charge in [0, 0.05) is 6.54 Å². The van der Waals surface area contributed by atoms with Crippen molar-refractivity contribution < 1.29 is 0 Å². The third-order valence-corrected chi connectivity index (χ3v) is 3.46. The molecule has 1 aromatic heterocycles. The number of fused-ring (bicyclic) bond motifs is 1. The fourth-order valence-electron chi connectivity index (χ4n) is 2.36. The van der Waals surface area contributed by atoms with Gasteiger partial charge >= 0.3 is 0 Å². The van der Waals surface area contributed by atoms with Gasteiger partial charge in [-0.2, -0.15) is 0 Å². The van der Waals surface area contributed by atoms with Crippen molar-refractivity contribution in [3.05, 3.63) is 59.4 Å². The summed E-state index contributed by atoms with van der Waals surface area (Å²) in [5.41, 5.74) is 11.3. The zero-order valence-electron chi connectivity index (χ0n) is 11.2. The standard InChI is InChI=1S/C16H17N3/c1-11-6-8-13(9-7-11)10-19-12(2)18-16-14(17)4-3-5-15(16)19/h3-9H,10,17H2,1-2H3. The van der Waals surface area contributed by atoms with Gasteiger partial charge in [-0.1, -0.05) is 35.9 Å². The molecule has 2 aromatic carbocycles. The van der Waals surface area contributed by atoms with Crippen LogP contribution in [-0.4, -0.2) is 9.55 Å². The molecule has 3 rings (SSSR count). The lowest BCUT2D eigenvalue weighted by molar-refractivity contribution is 0.786. The number of hydrogen-bond acceptors (Lipinski definition) is 2. The molecule has 0 fully saturated rings. The van der Waals surface area contributed by atoms with E-state index in [2.05, 4.69) is 46.8 Å². The van der Waals surface area contributed by atoms with Crippen LogP contribution >= 0.6 is 0 Å². The van der Waals surface area contributed by atoms with Crippen molar-refractivity contribution in [1.82, 2.24) is 9.55 Å². The lowest BCUT2D eigenvalue weighted by Gasteiger charge is -2.07. The number of nitrogens with zero attached hydrogens (tertiary/aromatic N) is 2. The van der Waals surface area contributed by atoms with E-state index >= 15 is 0 Å². The first-order valence-electron chi connectivity index (χ1n) is 6.42. The number of rotatable bonds is 2. The molecule has 0 unspecified atom stereocenters. The monoisotopic (exact) mass is 251 g/mol. The third kappa shape index (κ3) is 2.08. The Bertz CT molecular complexity index is 724. The smallest absolute Gasteiger partial charge is 0.112 e. The maximum atomic E-state index is 5.98. The van der Waals surface area contributed by atoms with Crippen LogP contribution in [0.2, 0.25) is 0 Å². The highest BCUT2D eigenvalue weighted by Crippen LogP contribution is 2.22. The lowest BCUT2D eigenvalue weighted by atomic mass is 10.1. The topological polar surface area (TPSA) is 43.8 Å². The van der Waals surface area contributed by atoms with Gasteiger partial charge in [0.05, 0.1) is 11.2 Å². The largest absolute Gasteiger partial charge is 0.397 e. The Kier molecular flexibility index (Phi) is 2.75. The number of benzene rings is 2. The highest BCUT2D eigenvalue weighted by molar-refractivity contribution is 5.87. The highest BCUT2D eigenvalue weighted by atomic mass is 15.1. The van der Waals surface area contributed by atoms with Crippen molar-refractivity contribution in [2.45, 2.75) is 20.4 Å². The molecular formula is C16H17N3. The minimum absolute atomic E-state index is 0.739. The number of imidazole rings is 1. The van der Waals surface area contributed by atoms with E-state index in [1.807, 2.05) is 19.1 Å². The third-order valence-electron chi connectivity index (χ3n) is 3.46. The molecule has 0 aliphatic heterocycles. The normalized spacial score (nSPS) is 11.1. The van der Waals surface area contributed by atoms with Crippen molar-refractivity contribution in [1.29, 1.82) is 0 Å². The Morgan fingerprint density at radius 3 is 2.53 bits per heavy atom. The molecule has 0 aliphatic rings. The number of para-hydroxylation sites is 1. The summed E-state index contributed by atoms with van der Waals surface area (Å²) >= 11 is 0. The van der Waals surface area contributed by atoms with Gasteiger partial charge in [0.15, 0.2) is 0 Å². The average molecular weight is 251 g/mol. The van der Waals surface area contributed by atoms with E-state index < -0.39 is 0 Å². The molecule has 0 atom stereocenters. The molecule has 0 spiro atoms. The van der Waals surface area contributed by atoms with E-state index in [0.717, 1.165) is 29.1 Å². The van der Waals surface area contributed by atoms with Crippen LogP contribution in [0.25, 0.3) is 11.0 Å². The van der Waals surface area contributed by atoms with Gasteiger partial charge in [0.1, 0.15) is 11.3 Å². The van der Waals surface area contributed by atoms with Crippen LogP contribution in [-0.2, 0) is 6.54 Å². The number of aryl methyl sites for hydroxylation is 2. The minimum atomic E-state index is 0.739. The van der Waals surface area contributed by atoms with Crippen molar-refractivity contribution in [2.75, 3.05) is 5.73 Å². The van der Waals surface area contributed by atoms with Gasteiger partial charge in [-0.3, -0.25) is 0 Å². The van der Waals surface area contributed by atoms with E-state index in [0.29, 0.717) is 0 Å². The first-order chi connectivity index (χ1) is 9.15. The predicted octanol–water partition coefficient (Wildman–Crippen LogP) is 3.28. The Balaban J connectivity index is 2.07. The number of nitrogens with two attached hydrogens (primary N) is 1. The number of aromatic nitrogens is 2. The fourth-order valence-corrected chi connectivity index (χ4v) is 2.36. The molecule has 2 N–H and O–H groups in total. The first-order valence-corrected chi connectivity index (χ1v) is 6.42. The summed E-state index contributed by atoms with van der Waals surface area (Å²) in [5, 5.41) is 0. The summed E-state index contributed by atoms with van der Waals surface area (Å²) in [6.45, 7) is 4.95. The second-order valence-corrected chi connectivity index (χ2v) is 4.95. The van der Waals surface area contributed by atoms with Gasteiger partial charge < -0.3 is 10.3 Å². The van der Waals surface area contributed by atoms with Crippen LogP contribution < -0.4 is 5.73 Å². The summed E-state index contributed by atoms with van der Waals surface area (Å²) in [6.07, 6.45) is 0. The first kappa shape index (κ1) is 11.8. The van der Waals surface area contributed by atoms with Gasteiger partial charge in [0.25, 0.3) is 0 Å². The molecule has 0 saturated heterocycles. The van der Waals surface area contributed by atoms with Gasteiger partial charge in [-0.05, 0) is 31.5 Å². The molecule has 3 heteroatoms. The van der Waals surface area contributed by atoms with E-state index in [1.54, 1.807) is 0 Å². The Morgan fingerprint density at radius 2 is 1.79 bits per heavy atom. The van der Waals surface area contributed by atoms with Crippen LogP contribution in [0, 0.1) is 13.8 Å². The Hall–Kier alpha value is -2.29. The molecule has 0 amide bonds. The zero-order chi connectivity index (χ0) is 13.4. The van der Waals surface area contributed by atoms with Crippen LogP contribution in [0.3, 0.4) is 0 Å². The summed E-state index contributed by atoms with van der Waals surface area (Å²) < 4.78 is 2.20. The van der Waals surface area contributed by atoms with Gasteiger partial charge in [0.2, 0.25) is 0 Å². The van der Waals surface area contributed by atoms with Crippen molar-refractivity contribution >= 4 is 16.7 Å².